The summed E-state index contributed by atoms with van der Waals surface area (Å²) in [5, 5.41) is 10.5. The minimum atomic E-state index is -0.514. The number of rotatable bonds is 5. The van der Waals surface area contributed by atoms with E-state index < -0.39 is 5.25 Å². The summed E-state index contributed by atoms with van der Waals surface area (Å²) < 4.78 is 4.55. The number of aryl methyl sites for hydroxylation is 1. The van der Waals surface area contributed by atoms with Gasteiger partial charge < -0.3 is 11.2 Å². The van der Waals surface area contributed by atoms with E-state index in [4.69, 9.17) is 5.84 Å². The van der Waals surface area contributed by atoms with Crippen molar-refractivity contribution in [1.82, 2.24) is 24.2 Å². The second kappa shape index (κ2) is 7.31. The summed E-state index contributed by atoms with van der Waals surface area (Å²) in [6, 6.07) is 9.25. The Labute approximate surface area is 160 Å². The molecule has 3 rings (SSSR count). The fraction of sp³-hybridized carbons (Fsp3) is 0.294. The van der Waals surface area contributed by atoms with Crippen LogP contribution < -0.4 is 16.7 Å². The number of nitrogens with one attached hydrogen (secondary N) is 1. The van der Waals surface area contributed by atoms with Gasteiger partial charge in [-0.15, -0.1) is 10.2 Å². The summed E-state index contributed by atoms with van der Waals surface area (Å²) in [7, 11) is 1.78. The maximum atomic E-state index is 12.9. The molecule has 10 heteroatoms. The summed E-state index contributed by atoms with van der Waals surface area (Å²) in [5.74, 6) is 6.06. The number of anilines is 1. The maximum absolute atomic E-state index is 12.9. The van der Waals surface area contributed by atoms with Crippen molar-refractivity contribution in [3.63, 3.8) is 0 Å². The first-order chi connectivity index (χ1) is 12.8. The molecule has 0 unspecified atom stereocenters. The lowest BCUT2D eigenvalue weighted by Crippen LogP contribution is -2.27. The third kappa shape index (κ3) is 3.47. The Morgan fingerprint density at radius 2 is 1.89 bits per heavy atom. The topological polar surface area (TPSA) is 113 Å². The van der Waals surface area contributed by atoms with E-state index in [0.29, 0.717) is 16.7 Å². The number of carbonyl (C=O) groups is 1. The normalized spacial score (nSPS) is 12.1. The molecule has 0 aliphatic heterocycles. The van der Waals surface area contributed by atoms with Crippen molar-refractivity contribution < 1.29 is 4.79 Å². The number of thioether (sulfide) groups is 1. The van der Waals surface area contributed by atoms with E-state index in [1.54, 1.807) is 32.5 Å². The van der Waals surface area contributed by atoms with Crippen LogP contribution in [-0.4, -0.2) is 35.4 Å². The lowest BCUT2D eigenvalue weighted by Gasteiger charge is -2.10. The summed E-state index contributed by atoms with van der Waals surface area (Å²) in [5.41, 5.74) is 1.35. The molecule has 2 heterocycles. The molecule has 1 atom stereocenters. The van der Waals surface area contributed by atoms with Crippen LogP contribution in [0.1, 0.15) is 18.4 Å². The lowest BCUT2D eigenvalue weighted by molar-refractivity contribution is -0.115. The number of nitrogen functional groups attached to an aromatic ring is 1. The first kappa shape index (κ1) is 18.8. The first-order valence-corrected chi connectivity index (χ1v) is 9.18. The second-order valence-electron chi connectivity index (χ2n) is 6.09. The number of hydrogen-bond donors (Lipinski definition) is 2. The molecule has 0 bridgehead atoms. The highest BCUT2D eigenvalue weighted by Gasteiger charge is 2.23. The molecular weight excluding hydrogens is 366 g/mol. The Morgan fingerprint density at radius 1 is 1.22 bits per heavy atom. The molecule has 0 aliphatic rings. The van der Waals surface area contributed by atoms with Crippen LogP contribution in [0.4, 0.5) is 5.69 Å². The van der Waals surface area contributed by atoms with Crippen molar-refractivity contribution in [2.75, 3.05) is 11.2 Å². The van der Waals surface area contributed by atoms with Crippen LogP contribution in [-0.2, 0) is 11.8 Å². The van der Waals surface area contributed by atoms with Crippen molar-refractivity contribution >= 4 is 23.4 Å². The standard InChI is InChI=1S/C17H21N7O2S/c1-10-14(16(26)24(22(10)4)13-8-6-5-7-9-13)19-15(25)11(2)27-17-21-20-12(3)23(17)18/h5-9,11H,18H2,1-4H3,(H,19,25)/t11-/m1/s1. The molecule has 3 aromatic rings. The number of benzene rings is 1. The monoisotopic (exact) mass is 387 g/mol. The van der Waals surface area contributed by atoms with Crippen LogP contribution in [0, 0.1) is 13.8 Å². The predicted octanol–water partition coefficient (Wildman–Crippen LogP) is 1.22. The van der Waals surface area contributed by atoms with Gasteiger partial charge in [0.25, 0.3) is 5.56 Å². The molecule has 1 aromatic carbocycles. The molecule has 0 aliphatic carbocycles. The van der Waals surface area contributed by atoms with Crippen molar-refractivity contribution in [1.29, 1.82) is 0 Å². The van der Waals surface area contributed by atoms with Gasteiger partial charge in [-0.25, -0.2) is 9.36 Å². The number of aromatic nitrogens is 5. The molecule has 2 aromatic heterocycles. The summed E-state index contributed by atoms with van der Waals surface area (Å²) in [6.45, 7) is 5.23. The van der Waals surface area contributed by atoms with Crippen LogP contribution in [0.2, 0.25) is 0 Å². The van der Waals surface area contributed by atoms with E-state index in [2.05, 4.69) is 15.5 Å². The SMILES string of the molecule is Cc1nnc(S[C@H](C)C(=O)Nc2c(C)n(C)n(-c3ccccc3)c2=O)n1N. The average molecular weight is 387 g/mol. The van der Waals surface area contributed by atoms with Crippen LogP contribution in [0.15, 0.2) is 40.3 Å². The Balaban J connectivity index is 1.84. The van der Waals surface area contributed by atoms with Crippen molar-refractivity contribution in [2.45, 2.75) is 31.2 Å². The van der Waals surface area contributed by atoms with Gasteiger partial charge in [0.2, 0.25) is 11.1 Å². The lowest BCUT2D eigenvalue weighted by atomic mass is 10.3. The van der Waals surface area contributed by atoms with Gasteiger partial charge in [-0.3, -0.25) is 14.3 Å². The fourth-order valence-electron chi connectivity index (χ4n) is 2.58. The largest absolute Gasteiger partial charge is 0.336 e. The van der Waals surface area contributed by atoms with E-state index in [0.717, 1.165) is 5.69 Å². The van der Waals surface area contributed by atoms with Crippen molar-refractivity contribution in [3.05, 3.63) is 52.2 Å². The van der Waals surface area contributed by atoms with Gasteiger partial charge in [0.05, 0.1) is 16.6 Å². The van der Waals surface area contributed by atoms with Crippen molar-refractivity contribution in [3.8, 4) is 5.69 Å². The average Bonchev–Trinajstić information content (AvgIpc) is 3.07. The third-order valence-electron chi connectivity index (χ3n) is 4.29. The number of para-hydroxylation sites is 1. The molecule has 0 saturated carbocycles. The summed E-state index contributed by atoms with van der Waals surface area (Å²) in [4.78, 5) is 25.5. The third-order valence-corrected chi connectivity index (χ3v) is 5.35. The second-order valence-corrected chi connectivity index (χ2v) is 7.39. The molecule has 27 heavy (non-hydrogen) atoms. The summed E-state index contributed by atoms with van der Waals surface area (Å²) in [6.07, 6.45) is 0. The van der Waals surface area contributed by atoms with Gasteiger partial charge in [-0.2, -0.15) is 0 Å². The minimum absolute atomic E-state index is 0.254. The van der Waals surface area contributed by atoms with Gasteiger partial charge in [0, 0.05) is 7.05 Å². The number of nitrogens with zero attached hydrogens (tertiary/aromatic N) is 5. The molecule has 0 fully saturated rings. The molecule has 142 valence electrons. The number of hydrogen-bond acceptors (Lipinski definition) is 6. The van der Waals surface area contributed by atoms with E-state index in [1.807, 2.05) is 30.3 Å². The molecule has 0 spiro atoms. The highest BCUT2D eigenvalue weighted by molar-refractivity contribution is 8.00. The van der Waals surface area contributed by atoms with Crippen LogP contribution in [0.25, 0.3) is 5.69 Å². The quantitative estimate of drug-likeness (QED) is 0.503. The molecule has 9 nitrogen and oxygen atoms in total. The van der Waals surface area contributed by atoms with E-state index in [9.17, 15) is 9.59 Å². The fourth-order valence-corrected chi connectivity index (χ4v) is 3.39. The number of nitrogens with two attached hydrogens (primary N) is 1. The van der Waals surface area contributed by atoms with Crippen molar-refractivity contribution in [2.24, 2.45) is 7.05 Å². The van der Waals surface area contributed by atoms with Gasteiger partial charge in [0.1, 0.15) is 11.5 Å². The van der Waals surface area contributed by atoms with Gasteiger partial charge in [0.15, 0.2) is 0 Å². The highest BCUT2D eigenvalue weighted by Crippen LogP contribution is 2.22. The Bertz CT molecular complexity index is 1040. The first-order valence-electron chi connectivity index (χ1n) is 8.30. The van der Waals surface area contributed by atoms with E-state index in [1.165, 1.54) is 21.1 Å². The van der Waals surface area contributed by atoms with E-state index in [-0.39, 0.29) is 17.2 Å². The van der Waals surface area contributed by atoms with Gasteiger partial charge in [-0.05, 0) is 32.9 Å². The van der Waals surface area contributed by atoms with Crippen LogP contribution in [0.5, 0.6) is 0 Å². The zero-order valence-corrected chi connectivity index (χ0v) is 16.3. The number of carbonyl (C=O) groups excluding carboxylic acids is 1. The highest BCUT2D eigenvalue weighted by atomic mass is 32.2. The Hall–Kier alpha value is -3.01. The molecule has 0 radical (unpaired) electrons. The van der Waals surface area contributed by atoms with E-state index >= 15 is 0 Å². The van der Waals surface area contributed by atoms with Crippen LogP contribution in [0.3, 0.4) is 0 Å². The molecule has 1 amide bonds. The smallest absolute Gasteiger partial charge is 0.295 e. The predicted molar refractivity (Wildman–Crippen MR) is 105 cm³/mol. The minimum Gasteiger partial charge on any atom is -0.336 e. The zero-order valence-electron chi connectivity index (χ0n) is 15.5. The summed E-state index contributed by atoms with van der Waals surface area (Å²) >= 11 is 1.17. The van der Waals surface area contributed by atoms with Crippen LogP contribution >= 0.6 is 11.8 Å². The van der Waals surface area contributed by atoms with Gasteiger partial charge in [-0.1, -0.05) is 30.0 Å². The Morgan fingerprint density at radius 3 is 2.48 bits per heavy atom. The molecule has 3 N–H and O–H groups in total. The molecular formula is C17H21N7O2S. The number of amides is 1. The molecule has 0 saturated heterocycles. The van der Waals surface area contributed by atoms with Gasteiger partial charge >= 0.3 is 0 Å². The zero-order chi connectivity index (χ0) is 19.7. The Kier molecular flexibility index (Phi) is 5.08. The maximum Gasteiger partial charge on any atom is 0.295 e.